The summed E-state index contributed by atoms with van der Waals surface area (Å²) in [5.74, 6) is 0.475. The number of nitrogens with one attached hydrogen (secondary N) is 1. The highest BCUT2D eigenvalue weighted by Crippen LogP contribution is 2.29. The molecule has 2 unspecified atom stereocenters. The third-order valence-electron chi connectivity index (χ3n) is 4.91. The van der Waals surface area contributed by atoms with E-state index in [4.69, 9.17) is 4.74 Å². The monoisotopic (exact) mass is 318 g/mol. The first-order valence-electron chi connectivity index (χ1n) is 8.02. The highest BCUT2D eigenvalue weighted by Gasteiger charge is 2.34. The Balaban J connectivity index is 1.36. The molecule has 0 spiro atoms. The van der Waals surface area contributed by atoms with E-state index in [2.05, 4.69) is 10.2 Å². The molecule has 0 aromatic carbocycles. The van der Waals surface area contributed by atoms with Crippen molar-refractivity contribution in [1.29, 1.82) is 0 Å². The largest absolute Gasteiger partial charge is 0.368 e. The zero-order valence-electron chi connectivity index (χ0n) is 12.4. The molecule has 2 N–H and O–H groups in total. The molecule has 4 atom stereocenters. The summed E-state index contributed by atoms with van der Waals surface area (Å²) in [6.45, 7) is 1.85. The van der Waals surface area contributed by atoms with Gasteiger partial charge >= 0.3 is 0 Å². The summed E-state index contributed by atoms with van der Waals surface area (Å²) in [7, 11) is -2.82. The summed E-state index contributed by atoms with van der Waals surface area (Å²) in [4.78, 5) is 2.10. The molecule has 0 aromatic heterocycles. The Hall–Kier alpha value is -0.210. The number of hydrogen-bond acceptors (Lipinski definition) is 6. The number of aliphatic hydroxyl groups is 1. The zero-order valence-corrected chi connectivity index (χ0v) is 13.2. The average molecular weight is 318 g/mol. The number of aliphatic hydroxyl groups excluding tert-OH is 1. The number of piperidine rings is 1. The first-order chi connectivity index (χ1) is 10.00. The summed E-state index contributed by atoms with van der Waals surface area (Å²) >= 11 is 0. The molecular weight excluding hydrogens is 292 g/mol. The fraction of sp³-hybridized carbons (Fsp3) is 1.00. The topological polar surface area (TPSA) is 78.9 Å². The van der Waals surface area contributed by atoms with Gasteiger partial charge in [-0.05, 0) is 25.7 Å². The Morgan fingerprint density at radius 2 is 1.81 bits per heavy atom. The summed E-state index contributed by atoms with van der Waals surface area (Å²) in [6, 6.07) is 1.13. The van der Waals surface area contributed by atoms with Crippen molar-refractivity contribution in [1.82, 2.24) is 10.2 Å². The van der Waals surface area contributed by atoms with Crippen LogP contribution in [0, 0.1) is 0 Å². The number of nitrogens with zero attached hydrogens (tertiary/aromatic N) is 1. The third-order valence-corrected chi connectivity index (χ3v) is 6.52. The van der Waals surface area contributed by atoms with E-state index >= 15 is 0 Å². The van der Waals surface area contributed by atoms with Crippen molar-refractivity contribution < 1.29 is 18.3 Å². The quantitative estimate of drug-likeness (QED) is 0.679. The molecule has 0 aromatic rings. The second kappa shape index (κ2) is 6.50. The van der Waals surface area contributed by atoms with Crippen molar-refractivity contribution in [2.45, 2.75) is 56.6 Å². The lowest BCUT2D eigenvalue weighted by atomic mass is 10.0. The van der Waals surface area contributed by atoms with E-state index in [0.717, 1.165) is 12.8 Å². The van der Waals surface area contributed by atoms with Gasteiger partial charge in [0.15, 0.2) is 16.1 Å². The van der Waals surface area contributed by atoms with Gasteiger partial charge in [-0.3, -0.25) is 0 Å². The number of sulfone groups is 1. The molecule has 0 amide bonds. The van der Waals surface area contributed by atoms with Gasteiger partial charge in [0.05, 0.1) is 17.6 Å². The van der Waals surface area contributed by atoms with Crippen molar-refractivity contribution >= 4 is 9.84 Å². The van der Waals surface area contributed by atoms with E-state index in [1.165, 1.54) is 12.8 Å². The molecule has 3 aliphatic heterocycles. The fourth-order valence-corrected chi connectivity index (χ4v) is 4.95. The third kappa shape index (κ3) is 4.39. The van der Waals surface area contributed by atoms with Gasteiger partial charge in [-0.1, -0.05) is 0 Å². The zero-order chi connectivity index (χ0) is 14.9. The molecular formula is C14H26N2O4S. The van der Waals surface area contributed by atoms with Crippen LogP contribution >= 0.6 is 0 Å². The molecule has 0 saturated carbocycles. The number of fused-ring (bicyclic) bond motifs is 2. The van der Waals surface area contributed by atoms with Crippen molar-refractivity contribution in [2.75, 3.05) is 31.1 Å². The first-order valence-corrected chi connectivity index (χ1v) is 9.85. The van der Waals surface area contributed by atoms with Crippen LogP contribution in [0.15, 0.2) is 0 Å². The average Bonchev–Trinajstić information content (AvgIpc) is 2.77. The van der Waals surface area contributed by atoms with Crippen LogP contribution in [0.2, 0.25) is 0 Å². The van der Waals surface area contributed by atoms with Gasteiger partial charge in [0, 0.05) is 38.1 Å². The van der Waals surface area contributed by atoms with Crippen LogP contribution in [-0.2, 0) is 14.6 Å². The Kier molecular flexibility index (Phi) is 4.85. The molecule has 3 rings (SSSR count). The summed E-state index contributed by atoms with van der Waals surface area (Å²) < 4.78 is 28.5. The standard InChI is InChI=1S/C14H26N2O4S/c17-14(3-4-16-5-7-21(18,19)8-6-16)20-13-9-11-1-2-12(10-13)15-11/h11-15,17H,1-10H2/t11-,12?,13?,14+/m0/s1. The molecule has 6 nitrogen and oxygen atoms in total. The van der Waals surface area contributed by atoms with Crippen LogP contribution in [0.4, 0.5) is 0 Å². The predicted molar refractivity (Wildman–Crippen MR) is 79.8 cm³/mol. The Bertz CT molecular complexity index is 430. The van der Waals surface area contributed by atoms with Crippen LogP contribution in [0.3, 0.4) is 0 Å². The van der Waals surface area contributed by atoms with Crippen molar-refractivity contribution in [3.8, 4) is 0 Å². The van der Waals surface area contributed by atoms with Crippen molar-refractivity contribution in [3.05, 3.63) is 0 Å². The van der Waals surface area contributed by atoms with Gasteiger partial charge in [0.25, 0.3) is 0 Å². The molecule has 3 saturated heterocycles. The van der Waals surface area contributed by atoms with Crippen LogP contribution in [0.1, 0.15) is 32.1 Å². The second-order valence-corrected chi connectivity index (χ2v) is 8.91. The molecule has 122 valence electrons. The Labute approximate surface area is 126 Å². The van der Waals surface area contributed by atoms with E-state index in [0.29, 0.717) is 38.1 Å². The molecule has 3 aliphatic rings. The first kappa shape index (κ1) is 15.7. The molecule has 3 heterocycles. The maximum atomic E-state index is 11.4. The molecule has 21 heavy (non-hydrogen) atoms. The minimum atomic E-state index is -2.82. The van der Waals surface area contributed by atoms with E-state index in [-0.39, 0.29) is 17.6 Å². The number of rotatable bonds is 5. The fourth-order valence-electron chi connectivity index (χ4n) is 3.67. The highest BCUT2D eigenvalue weighted by atomic mass is 32.2. The van der Waals surface area contributed by atoms with Gasteiger partial charge in [-0.15, -0.1) is 0 Å². The molecule has 0 radical (unpaired) electrons. The van der Waals surface area contributed by atoms with Crippen molar-refractivity contribution in [3.63, 3.8) is 0 Å². The van der Waals surface area contributed by atoms with Crippen LogP contribution in [0.25, 0.3) is 0 Å². The van der Waals surface area contributed by atoms with E-state index in [9.17, 15) is 13.5 Å². The lowest BCUT2D eigenvalue weighted by Crippen LogP contribution is -2.44. The van der Waals surface area contributed by atoms with E-state index in [1.807, 2.05) is 0 Å². The maximum Gasteiger partial charge on any atom is 0.156 e. The summed E-state index contributed by atoms with van der Waals surface area (Å²) in [6.07, 6.45) is 4.43. The summed E-state index contributed by atoms with van der Waals surface area (Å²) in [5, 5.41) is 13.6. The predicted octanol–water partition coefficient (Wildman–Crippen LogP) is -0.275. The van der Waals surface area contributed by atoms with Crippen molar-refractivity contribution in [2.24, 2.45) is 0 Å². The van der Waals surface area contributed by atoms with Gasteiger partial charge in [-0.25, -0.2) is 8.42 Å². The van der Waals surface area contributed by atoms with Gasteiger partial charge in [-0.2, -0.15) is 0 Å². The molecule has 0 aliphatic carbocycles. The van der Waals surface area contributed by atoms with E-state index < -0.39 is 16.1 Å². The van der Waals surface area contributed by atoms with Gasteiger partial charge in [0.1, 0.15) is 0 Å². The highest BCUT2D eigenvalue weighted by molar-refractivity contribution is 7.91. The van der Waals surface area contributed by atoms with Crippen LogP contribution in [0.5, 0.6) is 0 Å². The van der Waals surface area contributed by atoms with Gasteiger partial charge < -0.3 is 20.1 Å². The number of ether oxygens (including phenoxy) is 1. The van der Waals surface area contributed by atoms with E-state index in [1.54, 1.807) is 0 Å². The SMILES string of the molecule is O=S1(=O)CCN(CC[C@H](O)OC2CC3CC[C@@H](C2)N3)CC1. The lowest BCUT2D eigenvalue weighted by molar-refractivity contribution is -0.150. The Morgan fingerprint density at radius 1 is 1.19 bits per heavy atom. The minimum Gasteiger partial charge on any atom is -0.368 e. The Morgan fingerprint density at radius 3 is 2.43 bits per heavy atom. The summed E-state index contributed by atoms with van der Waals surface area (Å²) in [5.41, 5.74) is 0. The smallest absolute Gasteiger partial charge is 0.156 e. The normalized spacial score (nSPS) is 37.5. The molecule has 7 heteroatoms. The minimum absolute atomic E-state index is 0.167. The molecule has 2 bridgehead atoms. The van der Waals surface area contributed by atoms with Crippen LogP contribution in [-0.4, -0.2) is 74.0 Å². The molecule has 3 fully saturated rings. The second-order valence-electron chi connectivity index (χ2n) is 6.60. The lowest BCUT2D eigenvalue weighted by Gasteiger charge is -2.32. The number of hydrogen-bond donors (Lipinski definition) is 2. The maximum absolute atomic E-state index is 11.4. The van der Waals surface area contributed by atoms with Crippen LogP contribution < -0.4 is 5.32 Å². The van der Waals surface area contributed by atoms with Gasteiger partial charge in [0.2, 0.25) is 0 Å².